The molecule has 4 nitrogen and oxygen atoms in total. The number of carbonyl (C=O) groups is 1. The Morgan fingerprint density at radius 3 is 2.85 bits per heavy atom. The van der Waals surface area contributed by atoms with Crippen LogP contribution in [0.3, 0.4) is 0 Å². The highest BCUT2D eigenvalue weighted by Gasteiger charge is 2.56. The standard InChI is InChI=1S/C9H12N2O2/c1-9(6-4-3-5-13-6)7(10)8(12)11(9)2/h3-5,7H,10H2,1-2H3/t7-,9-/m1/s1. The normalized spacial score (nSPS) is 33.3. The van der Waals surface area contributed by atoms with Crippen molar-refractivity contribution in [2.24, 2.45) is 5.73 Å². The topological polar surface area (TPSA) is 59.5 Å². The first-order valence-corrected chi connectivity index (χ1v) is 4.15. The van der Waals surface area contributed by atoms with Crippen LogP contribution in [-0.2, 0) is 10.3 Å². The number of nitrogens with two attached hydrogens (primary N) is 1. The number of hydrogen-bond donors (Lipinski definition) is 1. The Bertz CT molecular complexity index is 319. The number of nitrogens with zero attached hydrogens (tertiary/aromatic N) is 1. The SMILES string of the molecule is CN1C(=O)[C@@H](N)[C@@]1(C)c1ccco1. The van der Waals surface area contributed by atoms with E-state index in [9.17, 15) is 4.79 Å². The second-order valence-corrected chi connectivity index (χ2v) is 3.50. The lowest BCUT2D eigenvalue weighted by molar-refractivity contribution is -0.159. The van der Waals surface area contributed by atoms with Crippen molar-refractivity contribution in [3.63, 3.8) is 0 Å². The van der Waals surface area contributed by atoms with E-state index in [-0.39, 0.29) is 5.91 Å². The molecule has 2 heterocycles. The summed E-state index contributed by atoms with van der Waals surface area (Å²) in [5, 5.41) is 0. The number of carbonyl (C=O) groups excluding carboxylic acids is 1. The summed E-state index contributed by atoms with van der Waals surface area (Å²) in [5.74, 6) is 0.695. The average Bonchev–Trinajstić information content (AvgIpc) is 2.67. The van der Waals surface area contributed by atoms with Crippen molar-refractivity contribution < 1.29 is 9.21 Å². The number of furan rings is 1. The van der Waals surface area contributed by atoms with Crippen LogP contribution in [-0.4, -0.2) is 23.9 Å². The molecule has 1 saturated heterocycles. The monoisotopic (exact) mass is 180 g/mol. The van der Waals surface area contributed by atoms with Crippen LogP contribution in [0, 0.1) is 0 Å². The van der Waals surface area contributed by atoms with Crippen molar-refractivity contribution >= 4 is 5.91 Å². The predicted octanol–water partition coefficient (Wildman–Crippen LogP) is 0.294. The average molecular weight is 180 g/mol. The lowest BCUT2D eigenvalue weighted by Crippen LogP contribution is -2.72. The quantitative estimate of drug-likeness (QED) is 0.632. The summed E-state index contributed by atoms with van der Waals surface area (Å²) in [7, 11) is 1.73. The minimum absolute atomic E-state index is 0.0427. The third-order valence-electron chi connectivity index (χ3n) is 2.92. The van der Waals surface area contributed by atoms with E-state index in [1.165, 1.54) is 0 Å². The number of likely N-dealkylation sites (N-methyl/N-ethyl adjacent to an activating group) is 1. The van der Waals surface area contributed by atoms with Gasteiger partial charge >= 0.3 is 0 Å². The fourth-order valence-electron chi connectivity index (χ4n) is 1.71. The predicted molar refractivity (Wildman–Crippen MR) is 46.8 cm³/mol. The number of likely N-dealkylation sites (tertiary alicyclic amines) is 1. The highest BCUT2D eigenvalue weighted by molar-refractivity contribution is 5.90. The van der Waals surface area contributed by atoms with E-state index in [2.05, 4.69) is 0 Å². The zero-order chi connectivity index (χ0) is 9.64. The summed E-state index contributed by atoms with van der Waals surface area (Å²) in [6, 6.07) is 3.15. The van der Waals surface area contributed by atoms with E-state index < -0.39 is 11.6 Å². The molecule has 1 aromatic rings. The van der Waals surface area contributed by atoms with Crippen molar-refractivity contribution in [1.82, 2.24) is 4.90 Å². The van der Waals surface area contributed by atoms with Gasteiger partial charge in [0, 0.05) is 7.05 Å². The minimum Gasteiger partial charge on any atom is -0.467 e. The molecule has 0 bridgehead atoms. The third-order valence-corrected chi connectivity index (χ3v) is 2.92. The van der Waals surface area contributed by atoms with Gasteiger partial charge in [-0.15, -0.1) is 0 Å². The van der Waals surface area contributed by atoms with Crippen molar-refractivity contribution in [2.45, 2.75) is 18.5 Å². The van der Waals surface area contributed by atoms with E-state index in [0.29, 0.717) is 0 Å². The number of rotatable bonds is 1. The Kier molecular flexibility index (Phi) is 1.51. The van der Waals surface area contributed by atoms with Crippen LogP contribution in [0.15, 0.2) is 22.8 Å². The molecule has 70 valence electrons. The Balaban J connectivity index is 2.38. The summed E-state index contributed by atoms with van der Waals surface area (Å²) in [6.45, 7) is 1.90. The van der Waals surface area contributed by atoms with Crippen LogP contribution in [0.1, 0.15) is 12.7 Å². The summed E-state index contributed by atoms with van der Waals surface area (Å²) >= 11 is 0. The molecule has 1 aliphatic heterocycles. The Morgan fingerprint density at radius 1 is 1.69 bits per heavy atom. The van der Waals surface area contributed by atoms with Gasteiger partial charge in [-0.3, -0.25) is 4.79 Å². The summed E-state index contributed by atoms with van der Waals surface area (Å²) in [5.41, 5.74) is 5.26. The second-order valence-electron chi connectivity index (χ2n) is 3.50. The van der Waals surface area contributed by atoms with Gasteiger partial charge in [-0.2, -0.15) is 0 Å². The molecule has 0 radical (unpaired) electrons. The maximum Gasteiger partial charge on any atom is 0.243 e. The molecule has 0 unspecified atom stereocenters. The lowest BCUT2D eigenvalue weighted by Gasteiger charge is -2.51. The summed E-state index contributed by atoms with van der Waals surface area (Å²) in [6.07, 6.45) is 1.59. The van der Waals surface area contributed by atoms with Gasteiger partial charge < -0.3 is 15.1 Å². The maximum absolute atomic E-state index is 11.2. The molecule has 2 atom stereocenters. The van der Waals surface area contributed by atoms with Crippen LogP contribution in [0.25, 0.3) is 0 Å². The van der Waals surface area contributed by atoms with Crippen molar-refractivity contribution in [1.29, 1.82) is 0 Å². The van der Waals surface area contributed by atoms with E-state index in [0.717, 1.165) is 5.76 Å². The highest BCUT2D eigenvalue weighted by atomic mass is 16.3. The second kappa shape index (κ2) is 2.35. The summed E-state index contributed by atoms with van der Waals surface area (Å²) < 4.78 is 5.26. The molecule has 2 N–H and O–H groups in total. The first kappa shape index (κ1) is 8.31. The van der Waals surface area contributed by atoms with Crippen LogP contribution in [0.4, 0.5) is 0 Å². The Hall–Kier alpha value is -1.29. The Morgan fingerprint density at radius 2 is 2.38 bits per heavy atom. The number of hydrogen-bond acceptors (Lipinski definition) is 3. The van der Waals surface area contributed by atoms with Crippen molar-refractivity contribution in [3.8, 4) is 0 Å². The highest BCUT2D eigenvalue weighted by Crippen LogP contribution is 2.38. The Labute approximate surface area is 76.3 Å². The van der Waals surface area contributed by atoms with E-state index in [1.807, 2.05) is 13.0 Å². The van der Waals surface area contributed by atoms with Gasteiger partial charge in [0.05, 0.1) is 6.26 Å². The molecule has 0 aromatic carbocycles. The zero-order valence-corrected chi connectivity index (χ0v) is 7.65. The largest absolute Gasteiger partial charge is 0.467 e. The molecule has 2 rings (SSSR count). The molecule has 1 fully saturated rings. The zero-order valence-electron chi connectivity index (χ0n) is 7.65. The first-order chi connectivity index (χ1) is 6.08. The van der Waals surface area contributed by atoms with Gasteiger partial charge in [-0.05, 0) is 19.1 Å². The summed E-state index contributed by atoms with van der Waals surface area (Å²) in [4.78, 5) is 12.8. The molecule has 1 aliphatic rings. The van der Waals surface area contributed by atoms with Crippen LogP contribution in [0.5, 0.6) is 0 Å². The molecule has 0 spiro atoms. The molecule has 1 aromatic heterocycles. The van der Waals surface area contributed by atoms with E-state index in [4.69, 9.17) is 10.2 Å². The molecule has 1 amide bonds. The number of β-lactam (4-membered cyclic amide) rings is 1. The van der Waals surface area contributed by atoms with Gasteiger partial charge in [0.2, 0.25) is 5.91 Å². The van der Waals surface area contributed by atoms with Gasteiger partial charge in [-0.1, -0.05) is 0 Å². The van der Waals surface area contributed by atoms with Crippen LogP contribution < -0.4 is 5.73 Å². The molecule has 0 aliphatic carbocycles. The minimum atomic E-state index is -0.483. The van der Waals surface area contributed by atoms with Gasteiger partial charge in [0.15, 0.2) is 0 Å². The van der Waals surface area contributed by atoms with Gasteiger partial charge in [-0.25, -0.2) is 0 Å². The van der Waals surface area contributed by atoms with Crippen molar-refractivity contribution in [2.75, 3.05) is 7.05 Å². The van der Waals surface area contributed by atoms with Crippen LogP contribution >= 0.6 is 0 Å². The van der Waals surface area contributed by atoms with Gasteiger partial charge in [0.25, 0.3) is 0 Å². The van der Waals surface area contributed by atoms with E-state index >= 15 is 0 Å². The fourth-order valence-corrected chi connectivity index (χ4v) is 1.71. The molecule has 4 heteroatoms. The molecule has 0 saturated carbocycles. The maximum atomic E-state index is 11.2. The third kappa shape index (κ3) is 0.808. The van der Waals surface area contributed by atoms with Gasteiger partial charge in [0.1, 0.15) is 17.3 Å². The van der Waals surface area contributed by atoms with E-state index in [1.54, 1.807) is 24.3 Å². The lowest BCUT2D eigenvalue weighted by atomic mass is 9.79. The first-order valence-electron chi connectivity index (χ1n) is 4.15. The molecular formula is C9H12N2O2. The fraction of sp³-hybridized carbons (Fsp3) is 0.444. The molecule has 13 heavy (non-hydrogen) atoms. The number of amides is 1. The van der Waals surface area contributed by atoms with Crippen molar-refractivity contribution in [3.05, 3.63) is 24.2 Å². The van der Waals surface area contributed by atoms with Crippen LogP contribution in [0.2, 0.25) is 0 Å². The molecular weight excluding hydrogens is 168 g/mol. The smallest absolute Gasteiger partial charge is 0.243 e.